The van der Waals surface area contributed by atoms with E-state index in [2.05, 4.69) is 0 Å². The van der Waals surface area contributed by atoms with Crippen molar-refractivity contribution in [3.8, 4) is 0 Å². The molecule has 2 rings (SSSR count). The van der Waals surface area contributed by atoms with Crippen LogP contribution in [0, 0.1) is 17.3 Å². The number of hydrogen-bond acceptors (Lipinski definition) is 3. The van der Waals surface area contributed by atoms with Gasteiger partial charge in [0.15, 0.2) is 0 Å². The second kappa shape index (κ2) is 4.40. The van der Waals surface area contributed by atoms with Crippen LogP contribution >= 0.6 is 0 Å². The lowest BCUT2D eigenvalue weighted by Crippen LogP contribution is -2.46. The molecule has 2 aliphatic rings. The van der Waals surface area contributed by atoms with Crippen LogP contribution in [0.4, 0.5) is 0 Å². The summed E-state index contributed by atoms with van der Waals surface area (Å²) in [5.41, 5.74) is 5.54. The minimum absolute atomic E-state index is 0.0783. The number of hydrogen-bond donors (Lipinski definition) is 3. The smallest absolute Gasteiger partial charge is 0.334 e. The number of carboxylic acids is 2. The van der Waals surface area contributed by atoms with Crippen molar-refractivity contribution in [3.05, 3.63) is 22.9 Å². The molecule has 0 aromatic heterocycles. The summed E-state index contributed by atoms with van der Waals surface area (Å²) in [6, 6.07) is 0. The first kappa shape index (κ1) is 13.6. The molecular formula is C14H19NO4. The quantitative estimate of drug-likeness (QED) is 0.721. The lowest BCUT2D eigenvalue weighted by atomic mass is 9.58. The third kappa shape index (κ3) is 1.93. The van der Waals surface area contributed by atoms with Crippen molar-refractivity contribution < 1.29 is 19.8 Å². The summed E-state index contributed by atoms with van der Waals surface area (Å²) in [6.07, 6.45) is 4.36. The molecule has 0 amide bonds. The molecule has 0 heterocycles. The molecular weight excluding hydrogens is 246 g/mol. The van der Waals surface area contributed by atoms with Gasteiger partial charge in [0.05, 0.1) is 11.0 Å². The number of carboxylic acid groups (broad SMARTS) is 2. The Hall–Kier alpha value is -1.78. The van der Waals surface area contributed by atoms with Crippen molar-refractivity contribution in [3.63, 3.8) is 0 Å². The summed E-state index contributed by atoms with van der Waals surface area (Å²) in [5.74, 6) is -2.54. The van der Waals surface area contributed by atoms with Gasteiger partial charge < -0.3 is 15.9 Å². The first-order valence-electron chi connectivity index (χ1n) is 6.45. The normalized spacial score (nSPS) is 31.7. The Morgan fingerprint density at radius 3 is 2.32 bits per heavy atom. The topological polar surface area (TPSA) is 101 Å². The van der Waals surface area contributed by atoms with E-state index in [4.69, 9.17) is 5.73 Å². The molecule has 5 heteroatoms. The Kier molecular flexibility index (Phi) is 3.16. The molecule has 1 fully saturated rings. The zero-order valence-corrected chi connectivity index (χ0v) is 11.1. The molecule has 5 nitrogen and oxygen atoms in total. The molecule has 4 N–H and O–H groups in total. The molecule has 0 aromatic carbocycles. The average molecular weight is 265 g/mol. The standard InChI is InChI=1S/C14H19NO4/c1-7-6-14(2,13(18)19)10(8-4-3-5-8)9(11(7)15)12(16)17/h6,8,10H,3-5,15H2,1-2H3,(H,16,17)(H,18,19). The van der Waals surface area contributed by atoms with Gasteiger partial charge in [-0.15, -0.1) is 0 Å². The zero-order chi connectivity index (χ0) is 14.4. The predicted octanol–water partition coefficient (Wildman–Crippen LogP) is 1.75. The molecule has 0 radical (unpaired) electrons. The maximum atomic E-state index is 11.7. The molecule has 2 unspecified atom stereocenters. The zero-order valence-electron chi connectivity index (χ0n) is 11.1. The largest absolute Gasteiger partial charge is 0.481 e. The van der Waals surface area contributed by atoms with Crippen molar-refractivity contribution in [2.75, 3.05) is 0 Å². The summed E-state index contributed by atoms with van der Waals surface area (Å²) in [5, 5.41) is 19.0. The van der Waals surface area contributed by atoms with E-state index in [1.54, 1.807) is 19.9 Å². The minimum Gasteiger partial charge on any atom is -0.481 e. The second-order valence-electron chi connectivity index (χ2n) is 5.72. The Balaban J connectivity index is 2.59. The van der Waals surface area contributed by atoms with E-state index < -0.39 is 23.3 Å². The van der Waals surface area contributed by atoms with Gasteiger partial charge in [0.1, 0.15) is 0 Å². The molecule has 104 valence electrons. The van der Waals surface area contributed by atoms with E-state index in [0.29, 0.717) is 5.57 Å². The first-order valence-corrected chi connectivity index (χ1v) is 6.45. The van der Waals surface area contributed by atoms with Crippen LogP contribution in [-0.2, 0) is 9.59 Å². The SMILES string of the molecule is CC1=CC(C)(C(=O)O)C(C2CCC2)C(C(=O)O)=C1N. The highest BCUT2D eigenvalue weighted by molar-refractivity contribution is 5.92. The van der Waals surface area contributed by atoms with Crippen LogP contribution in [0.25, 0.3) is 0 Å². The highest BCUT2D eigenvalue weighted by Gasteiger charge is 2.51. The Morgan fingerprint density at radius 1 is 1.37 bits per heavy atom. The third-order valence-corrected chi connectivity index (χ3v) is 4.50. The van der Waals surface area contributed by atoms with Gasteiger partial charge in [-0.05, 0) is 38.2 Å². The van der Waals surface area contributed by atoms with E-state index >= 15 is 0 Å². The van der Waals surface area contributed by atoms with Crippen molar-refractivity contribution in [1.82, 2.24) is 0 Å². The van der Waals surface area contributed by atoms with Crippen molar-refractivity contribution in [2.24, 2.45) is 23.0 Å². The fourth-order valence-electron chi connectivity index (χ4n) is 3.24. The summed E-state index contributed by atoms with van der Waals surface area (Å²) in [4.78, 5) is 23.2. The van der Waals surface area contributed by atoms with Crippen LogP contribution in [0.2, 0.25) is 0 Å². The third-order valence-electron chi connectivity index (χ3n) is 4.50. The summed E-state index contributed by atoms with van der Waals surface area (Å²) >= 11 is 0. The fourth-order valence-corrected chi connectivity index (χ4v) is 3.24. The van der Waals surface area contributed by atoms with Crippen LogP contribution in [-0.4, -0.2) is 22.2 Å². The van der Waals surface area contributed by atoms with Gasteiger partial charge in [-0.1, -0.05) is 12.5 Å². The molecule has 1 saturated carbocycles. The van der Waals surface area contributed by atoms with Crippen LogP contribution in [0.3, 0.4) is 0 Å². The van der Waals surface area contributed by atoms with Crippen molar-refractivity contribution >= 4 is 11.9 Å². The highest BCUT2D eigenvalue weighted by atomic mass is 16.4. The second-order valence-corrected chi connectivity index (χ2v) is 5.72. The Bertz CT molecular complexity index is 502. The maximum Gasteiger partial charge on any atom is 0.334 e. The number of allylic oxidation sites excluding steroid dienone is 1. The van der Waals surface area contributed by atoms with Crippen molar-refractivity contribution in [1.29, 1.82) is 0 Å². The molecule has 2 atom stereocenters. The van der Waals surface area contributed by atoms with E-state index in [1.165, 1.54) is 0 Å². The minimum atomic E-state index is -1.19. The Morgan fingerprint density at radius 2 is 1.95 bits per heavy atom. The molecule has 0 spiro atoms. The fraction of sp³-hybridized carbons (Fsp3) is 0.571. The number of carbonyl (C=O) groups is 2. The van der Waals surface area contributed by atoms with Gasteiger partial charge in [0.2, 0.25) is 0 Å². The van der Waals surface area contributed by atoms with E-state index in [-0.39, 0.29) is 17.2 Å². The van der Waals surface area contributed by atoms with Gasteiger partial charge in [0.25, 0.3) is 0 Å². The number of nitrogens with two attached hydrogens (primary N) is 1. The lowest BCUT2D eigenvalue weighted by Gasteiger charge is -2.44. The average Bonchev–Trinajstić information content (AvgIpc) is 2.22. The van der Waals surface area contributed by atoms with Gasteiger partial charge in [-0.25, -0.2) is 4.79 Å². The van der Waals surface area contributed by atoms with Gasteiger partial charge in [-0.2, -0.15) is 0 Å². The van der Waals surface area contributed by atoms with E-state index in [1.807, 2.05) is 0 Å². The molecule has 0 bridgehead atoms. The number of rotatable bonds is 3. The molecule has 19 heavy (non-hydrogen) atoms. The van der Waals surface area contributed by atoms with Crippen molar-refractivity contribution in [2.45, 2.75) is 33.1 Å². The molecule has 0 saturated heterocycles. The van der Waals surface area contributed by atoms with Crippen LogP contribution in [0.1, 0.15) is 33.1 Å². The maximum absolute atomic E-state index is 11.7. The van der Waals surface area contributed by atoms with E-state index in [0.717, 1.165) is 19.3 Å². The molecule has 0 aromatic rings. The summed E-state index contributed by atoms with van der Waals surface area (Å²) in [6.45, 7) is 3.26. The lowest BCUT2D eigenvalue weighted by molar-refractivity contribution is -0.149. The summed E-state index contributed by atoms with van der Waals surface area (Å²) in [7, 11) is 0. The van der Waals surface area contributed by atoms with Gasteiger partial charge >= 0.3 is 11.9 Å². The van der Waals surface area contributed by atoms with Gasteiger partial charge in [0, 0.05) is 11.6 Å². The van der Waals surface area contributed by atoms with E-state index in [9.17, 15) is 19.8 Å². The predicted molar refractivity (Wildman–Crippen MR) is 69.2 cm³/mol. The van der Waals surface area contributed by atoms with Gasteiger partial charge in [-0.3, -0.25) is 4.79 Å². The highest BCUT2D eigenvalue weighted by Crippen LogP contribution is 2.51. The monoisotopic (exact) mass is 265 g/mol. The molecule has 0 aliphatic heterocycles. The summed E-state index contributed by atoms with van der Waals surface area (Å²) < 4.78 is 0. The van der Waals surface area contributed by atoms with Crippen LogP contribution < -0.4 is 5.73 Å². The number of aliphatic carboxylic acids is 2. The van der Waals surface area contributed by atoms with Crippen LogP contribution in [0.5, 0.6) is 0 Å². The van der Waals surface area contributed by atoms with Crippen LogP contribution in [0.15, 0.2) is 22.9 Å². The Labute approximate surface area is 111 Å². The first-order chi connectivity index (χ1) is 8.79. The molecule has 2 aliphatic carbocycles.